The third-order valence-corrected chi connectivity index (χ3v) is 2.98. The number of amides is 2. The lowest BCUT2D eigenvalue weighted by molar-refractivity contribution is -0.144. The Kier molecular flexibility index (Phi) is 3.65. The summed E-state index contributed by atoms with van der Waals surface area (Å²) in [5, 5.41) is 20.5. The van der Waals surface area contributed by atoms with Crippen LogP contribution in [-0.2, 0) is 9.53 Å². The van der Waals surface area contributed by atoms with Crippen molar-refractivity contribution in [1.29, 1.82) is 0 Å². The highest BCUT2D eigenvalue weighted by molar-refractivity contribution is 5.86. The molecule has 104 valence electrons. The van der Waals surface area contributed by atoms with E-state index >= 15 is 0 Å². The molecule has 0 spiro atoms. The monoisotopic (exact) mass is 269 g/mol. The topological polar surface area (TPSA) is 129 Å². The predicted octanol–water partition coefficient (Wildman–Crippen LogP) is -0.591. The number of H-pyrrole nitrogens is 1. The Bertz CT molecular complexity index is 454. The van der Waals surface area contributed by atoms with Crippen molar-refractivity contribution < 1.29 is 19.4 Å². The standard InChI is InChI=1S/C10H15N5O4/c1-6(7-11-5-12-15-7)13-9(18)14-10(8(16)17)2-3-19-4-10/h5-6H,2-4H2,1H3,(H,16,17)(H,11,12,15)(H2,13,14,18). The van der Waals surface area contributed by atoms with Gasteiger partial charge in [0, 0.05) is 13.0 Å². The fraction of sp³-hybridized carbons (Fsp3) is 0.600. The lowest BCUT2D eigenvalue weighted by Crippen LogP contribution is -2.58. The highest BCUT2D eigenvalue weighted by Crippen LogP contribution is 2.19. The van der Waals surface area contributed by atoms with Crippen molar-refractivity contribution in [2.45, 2.75) is 24.9 Å². The minimum atomic E-state index is -1.36. The predicted molar refractivity (Wildman–Crippen MR) is 62.3 cm³/mol. The number of nitrogens with one attached hydrogen (secondary N) is 3. The van der Waals surface area contributed by atoms with Gasteiger partial charge < -0.3 is 20.5 Å². The maximum atomic E-state index is 11.8. The molecule has 0 bridgehead atoms. The molecule has 2 atom stereocenters. The van der Waals surface area contributed by atoms with Crippen molar-refractivity contribution >= 4 is 12.0 Å². The van der Waals surface area contributed by atoms with E-state index in [1.54, 1.807) is 6.92 Å². The van der Waals surface area contributed by atoms with Crippen LogP contribution in [-0.4, -0.2) is 51.0 Å². The maximum Gasteiger partial charge on any atom is 0.332 e. The number of carboxylic acids is 1. The smallest absolute Gasteiger partial charge is 0.332 e. The van der Waals surface area contributed by atoms with Gasteiger partial charge >= 0.3 is 12.0 Å². The highest BCUT2D eigenvalue weighted by Gasteiger charge is 2.44. The van der Waals surface area contributed by atoms with Crippen molar-refractivity contribution in [3.63, 3.8) is 0 Å². The lowest BCUT2D eigenvalue weighted by Gasteiger charge is -2.24. The first-order chi connectivity index (χ1) is 9.03. The van der Waals surface area contributed by atoms with Crippen LogP contribution in [0.2, 0.25) is 0 Å². The molecule has 4 N–H and O–H groups in total. The van der Waals surface area contributed by atoms with Gasteiger partial charge in [0.05, 0.1) is 12.6 Å². The molecular formula is C10H15N5O4. The van der Waals surface area contributed by atoms with Crippen LogP contribution in [0.1, 0.15) is 25.2 Å². The van der Waals surface area contributed by atoms with Crippen LogP contribution in [0.4, 0.5) is 4.79 Å². The number of rotatable bonds is 4. The summed E-state index contributed by atoms with van der Waals surface area (Å²) >= 11 is 0. The Morgan fingerprint density at radius 1 is 1.63 bits per heavy atom. The zero-order valence-corrected chi connectivity index (χ0v) is 10.3. The molecule has 19 heavy (non-hydrogen) atoms. The normalized spacial score (nSPS) is 23.8. The van der Waals surface area contributed by atoms with Crippen LogP contribution in [0.5, 0.6) is 0 Å². The van der Waals surface area contributed by atoms with Crippen LogP contribution in [0, 0.1) is 0 Å². The number of ether oxygens (including phenoxy) is 1. The number of aliphatic carboxylic acids is 1. The van der Waals surface area contributed by atoms with E-state index in [2.05, 4.69) is 25.8 Å². The molecule has 1 aliphatic heterocycles. The molecule has 2 heterocycles. The average molecular weight is 269 g/mol. The van der Waals surface area contributed by atoms with Gasteiger partial charge in [0.2, 0.25) is 0 Å². The molecule has 0 saturated carbocycles. The Morgan fingerprint density at radius 2 is 2.42 bits per heavy atom. The molecule has 1 aromatic heterocycles. The van der Waals surface area contributed by atoms with E-state index in [0.717, 1.165) is 0 Å². The molecule has 1 aliphatic rings. The zero-order valence-electron chi connectivity index (χ0n) is 10.3. The first-order valence-electron chi connectivity index (χ1n) is 5.78. The molecule has 2 unspecified atom stereocenters. The van der Waals surface area contributed by atoms with Crippen molar-refractivity contribution in [3.05, 3.63) is 12.2 Å². The third-order valence-electron chi connectivity index (χ3n) is 2.98. The zero-order chi connectivity index (χ0) is 13.9. The van der Waals surface area contributed by atoms with Crippen LogP contribution in [0.3, 0.4) is 0 Å². The second-order valence-corrected chi connectivity index (χ2v) is 4.38. The van der Waals surface area contributed by atoms with Crippen LogP contribution >= 0.6 is 0 Å². The van der Waals surface area contributed by atoms with E-state index in [0.29, 0.717) is 12.4 Å². The number of hydrogen-bond acceptors (Lipinski definition) is 5. The summed E-state index contributed by atoms with van der Waals surface area (Å²) in [6, 6.07) is -0.993. The van der Waals surface area contributed by atoms with Gasteiger partial charge in [-0.15, -0.1) is 0 Å². The number of aromatic nitrogens is 3. The minimum absolute atomic E-state index is 0.0353. The average Bonchev–Trinajstić information content (AvgIpc) is 2.99. The number of carbonyl (C=O) groups excluding carboxylic acids is 1. The second kappa shape index (κ2) is 5.22. The summed E-state index contributed by atoms with van der Waals surface area (Å²) < 4.78 is 5.05. The summed E-state index contributed by atoms with van der Waals surface area (Å²) in [5.74, 6) is -0.616. The fourth-order valence-electron chi connectivity index (χ4n) is 1.83. The Labute approximate surface area is 108 Å². The van der Waals surface area contributed by atoms with Gasteiger partial charge in [0.25, 0.3) is 0 Å². The Hall–Kier alpha value is -2.16. The van der Waals surface area contributed by atoms with Gasteiger partial charge in [-0.2, -0.15) is 5.10 Å². The van der Waals surface area contributed by atoms with E-state index in [-0.39, 0.29) is 13.0 Å². The molecule has 2 rings (SSSR count). The number of aromatic amines is 1. The molecule has 9 nitrogen and oxygen atoms in total. The van der Waals surface area contributed by atoms with Crippen molar-refractivity contribution in [3.8, 4) is 0 Å². The number of nitrogens with zero attached hydrogens (tertiary/aromatic N) is 2. The van der Waals surface area contributed by atoms with Crippen LogP contribution in [0.15, 0.2) is 6.33 Å². The first-order valence-corrected chi connectivity index (χ1v) is 5.78. The van der Waals surface area contributed by atoms with E-state index < -0.39 is 23.6 Å². The third kappa shape index (κ3) is 2.81. The summed E-state index contributed by atoms with van der Waals surface area (Å²) in [4.78, 5) is 26.9. The second-order valence-electron chi connectivity index (χ2n) is 4.38. The van der Waals surface area contributed by atoms with E-state index in [4.69, 9.17) is 4.74 Å². The molecular weight excluding hydrogens is 254 g/mol. The molecule has 9 heteroatoms. The number of urea groups is 1. The lowest BCUT2D eigenvalue weighted by atomic mass is 9.99. The molecule has 1 fully saturated rings. The SMILES string of the molecule is CC(NC(=O)NC1(C(=O)O)CCOC1)c1ncn[nH]1. The molecule has 2 amide bonds. The van der Waals surface area contributed by atoms with Gasteiger partial charge in [-0.05, 0) is 6.92 Å². The van der Waals surface area contributed by atoms with E-state index in [9.17, 15) is 14.7 Å². The largest absolute Gasteiger partial charge is 0.479 e. The van der Waals surface area contributed by atoms with Gasteiger partial charge in [-0.1, -0.05) is 0 Å². The molecule has 1 saturated heterocycles. The van der Waals surface area contributed by atoms with E-state index in [1.165, 1.54) is 6.33 Å². The van der Waals surface area contributed by atoms with Crippen molar-refractivity contribution in [1.82, 2.24) is 25.8 Å². The molecule has 0 aliphatic carbocycles. The summed E-state index contributed by atoms with van der Waals surface area (Å²) in [5.41, 5.74) is -1.36. The Morgan fingerprint density at radius 3 is 2.95 bits per heavy atom. The van der Waals surface area contributed by atoms with E-state index in [1.807, 2.05) is 0 Å². The summed E-state index contributed by atoms with van der Waals surface area (Å²) in [6.07, 6.45) is 1.57. The number of carboxylic acid groups (broad SMARTS) is 1. The number of carbonyl (C=O) groups is 2. The van der Waals surface area contributed by atoms with Crippen molar-refractivity contribution in [2.75, 3.05) is 13.2 Å². The summed E-state index contributed by atoms with van der Waals surface area (Å²) in [6.45, 7) is 1.98. The quantitative estimate of drug-likeness (QED) is 0.578. The van der Waals surface area contributed by atoms with Crippen molar-refractivity contribution in [2.24, 2.45) is 0 Å². The Balaban J connectivity index is 1.95. The molecule has 0 radical (unpaired) electrons. The highest BCUT2D eigenvalue weighted by atomic mass is 16.5. The minimum Gasteiger partial charge on any atom is -0.479 e. The van der Waals surface area contributed by atoms with Crippen LogP contribution in [0.25, 0.3) is 0 Å². The van der Waals surface area contributed by atoms with Gasteiger partial charge in [-0.25, -0.2) is 14.6 Å². The number of hydrogen-bond donors (Lipinski definition) is 4. The maximum absolute atomic E-state index is 11.8. The summed E-state index contributed by atoms with van der Waals surface area (Å²) in [7, 11) is 0. The van der Waals surface area contributed by atoms with Gasteiger partial charge in [0.15, 0.2) is 5.54 Å². The van der Waals surface area contributed by atoms with Gasteiger partial charge in [0.1, 0.15) is 12.2 Å². The molecule has 1 aromatic rings. The first kappa shape index (κ1) is 13.3. The fourth-order valence-corrected chi connectivity index (χ4v) is 1.83. The molecule has 0 aromatic carbocycles. The van der Waals surface area contributed by atoms with Gasteiger partial charge in [-0.3, -0.25) is 5.10 Å². The van der Waals surface area contributed by atoms with Crippen LogP contribution < -0.4 is 10.6 Å².